The fraction of sp³-hybridized carbons (Fsp3) is 0.316. The summed E-state index contributed by atoms with van der Waals surface area (Å²) in [6.45, 7) is 5.03. The summed E-state index contributed by atoms with van der Waals surface area (Å²) >= 11 is 1.66. The van der Waals surface area contributed by atoms with Crippen molar-refractivity contribution in [1.82, 2.24) is 9.88 Å². The van der Waals surface area contributed by atoms with Crippen molar-refractivity contribution in [3.05, 3.63) is 59.3 Å². The van der Waals surface area contributed by atoms with Crippen molar-refractivity contribution in [3.8, 4) is 10.8 Å². The first-order valence-corrected chi connectivity index (χ1v) is 9.19. The van der Waals surface area contributed by atoms with E-state index < -0.39 is 0 Å². The molecule has 3 heterocycles. The SMILES string of the molecule is Cc1ccc(-c2nc(CN3CC[C@H](Nc4ccccc4)C3)cs2)o1. The average Bonchev–Trinajstić information content (AvgIpc) is 3.31. The van der Waals surface area contributed by atoms with Crippen molar-refractivity contribution in [3.63, 3.8) is 0 Å². The molecule has 1 atom stereocenters. The summed E-state index contributed by atoms with van der Waals surface area (Å²) in [5.74, 6) is 1.80. The highest BCUT2D eigenvalue weighted by Crippen LogP contribution is 2.26. The maximum Gasteiger partial charge on any atom is 0.162 e. The number of benzene rings is 1. The number of para-hydroxylation sites is 1. The van der Waals surface area contributed by atoms with Gasteiger partial charge in [0, 0.05) is 36.7 Å². The summed E-state index contributed by atoms with van der Waals surface area (Å²) in [5, 5.41) is 6.73. The third-order valence-electron chi connectivity index (χ3n) is 4.31. The molecule has 124 valence electrons. The minimum atomic E-state index is 0.512. The Labute approximate surface area is 146 Å². The molecular weight excluding hydrogens is 318 g/mol. The second-order valence-electron chi connectivity index (χ2n) is 6.29. The molecule has 1 fully saturated rings. The number of aromatic nitrogens is 1. The van der Waals surface area contributed by atoms with E-state index in [0.717, 1.165) is 41.9 Å². The lowest BCUT2D eigenvalue weighted by atomic mass is 10.2. The van der Waals surface area contributed by atoms with Crippen LogP contribution in [0.15, 0.2) is 52.3 Å². The summed E-state index contributed by atoms with van der Waals surface area (Å²) < 4.78 is 5.66. The number of aryl methyl sites for hydroxylation is 1. The van der Waals surface area contributed by atoms with E-state index in [1.165, 1.54) is 12.1 Å². The van der Waals surface area contributed by atoms with E-state index in [-0.39, 0.29) is 0 Å². The van der Waals surface area contributed by atoms with Gasteiger partial charge in [0.1, 0.15) is 5.76 Å². The summed E-state index contributed by atoms with van der Waals surface area (Å²) in [7, 11) is 0. The average molecular weight is 339 g/mol. The predicted octanol–water partition coefficient (Wildman–Crippen LogP) is 4.40. The van der Waals surface area contributed by atoms with Crippen LogP contribution < -0.4 is 5.32 Å². The number of nitrogens with zero attached hydrogens (tertiary/aromatic N) is 2. The fourth-order valence-electron chi connectivity index (χ4n) is 3.14. The molecule has 0 aliphatic carbocycles. The quantitative estimate of drug-likeness (QED) is 0.748. The van der Waals surface area contributed by atoms with Gasteiger partial charge in [0.05, 0.1) is 5.69 Å². The second-order valence-corrected chi connectivity index (χ2v) is 7.14. The topological polar surface area (TPSA) is 41.3 Å². The number of hydrogen-bond donors (Lipinski definition) is 1. The van der Waals surface area contributed by atoms with Crippen LogP contribution in [0.3, 0.4) is 0 Å². The predicted molar refractivity (Wildman–Crippen MR) is 98.3 cm³/mol. The normalized spacial score (nSPS) is 18.1. The van der Waals surface area contributed by atoms with Crippen LogP contribution in [0.25, 0.3) is 10.8 Å². The molecule has 24 heavy (non-hydrogen) atoms. The van der Waals surface area contributed by atoms with Crippen LogP contribution >= 0.6 is 11.3 Å². The zero-order chi connectivity index (χ0) is 16.4. The molecule has 1 aliphatic rings. The van der Waals surface area contributed by atoms with E-state index in [1.807, 2.05) is 25.1 Å². The van der Waals surface area contributed by atoms with Crippen LogP contribution in [0.1, 0.15) is 17.9 Å². The van der Waals surface area contributed by atoms with Crippen LogP contribution in [0.4, 0.5) is 5.69 Å². The number of nitrogens with one attached hydrogen (secondary N) is 1. The van der Waals surface area contributed by atoms with Gasteiger partial charge in [0.15, 0.2) is 10.8 Å². The molecule has 1 aliphatic heterocycles. The molecule has 1 aromatic carbocycles. The molecule has 5 heteroatoms. The maximum absolute atomic E-state index is 5.66. The zero-order valence-electron chi connectivity index (χ0n) is 13.7. The summed E-state index contributed by atoms with van der Waals surface area (Å²) in [5.41, 5.74) is 2.33. The highest BCUT2D eigenvalue weighted by molar-refractivity contribution is 7.13. The Morgan fingerprint density at radius 3 is 2.92 bits per heavy atom. The smallest absolute Gasteiger partial charge is 0.162 e. The third-order valence-corrected chi connectivity index (χ3v) is 5.21. The van der Waals surface area contributed by atoms with E-state index in [4.69, 9.17) is 9.40 Å². The maximum atomic E-state index is 5.66. The highest BCUT2D eigenvalue weighted by atomic mass is 32.1. The Morgan fingerprint density at radius 2 is 2.12 bits per heavy atom. The van der Waals surface area contributed by atoms with Gasteiger partial charge in [0.2, 0.25) is 0 Å². The Balaban J connectivity index is 1.34. The van der Waals surface area contributed by atoms with E-state index in [1.54, 1.807) is 11.3 Å². The lowest BCUT2D eigenvalue weighted by molar-refractivity contribution is 0.325. The first-order valence-electron chi connectivity index (χ1n) is 8.31. The molecule has 1 N–H and O–H groups in total. The van der Waals surface area contributed by atoms with E-state index >= 15 is 0 Å². The first-order chi connectivity index (χ1) is 11.8. The van der Waals surface area contributed by atoms with Crippen LogP contribution in [-0.4, -0.2) is 29.0 Å². The molecule has 0 amide bonds. The fourth-order valence-corrected chi connectivity index (χ4v) is 3.91. The van der Waals surface area contributed by atoms with E-state index in [9.17, 15) is 0 Å². The summed E-state index contributed by atoms with van der Waals surface area (Å²) in [4.78, 5) is 7.19. The van der Waals surface area contributed by atoms with Gasteiger partial charge in [-0.05, 0) is 37.6 Å². The van der Waals surface area contributed by atoms with Gasteiger partial charge in [0.25, 0.3) is 0 Å². The molecule has 2 aromatic heterocycles. The second kappa shape index (κ2) is 6.79. The van der Waals surface area contributed by atoms with Crippen molar-refractivity contribution in [2.75, 3.05) is 18.4 Å². The molecule has 0 radical (unpaired) electrons. The number of thiazole rings is 1. The van der Waals surface area contributed by atoms with Crippen molar-refractivity contribution in [2.24, 2.45) is 0 Å². The van der Waals surface area contributed by atoms with Crippen molar-refractivity contribution in [1.29, 1.82) is 0 Å². The van der Waals surface area contributed by atoms with Gasteiger partial charge >= 0.3 is 0 Å². The lowest BCUT2D eigenvalue weighted by Crippen LogP contribution is -2.26. The van der Waals surface area contributed by atoms with Crippen molar-refractivity contribution in [2.45, 2.75) is 25.9 Å². The number of hydrogen-bond acceptors (Lipinski definition) is 5. The van der Waals surface area contributed by atoms with Gasteiger partial charge in [-0.2, -0.15) is 0 Å². The van der Waals surface area contributed by atoms with Crippen molar-refractivity contribution >= 4 is 17.0 Å². The molecule has 1 saturated heterocycles. The standard InChI is InChI=1S/C19H21N3OS/c1-14-7-8-18(23-14)19-21-17(13-24-19)12-22-10-9-16(11-22)20-15-5-3-2-4-6-15/h2-8,13,16,20H,9-12H2,1H3/t16-/m0/s1. The molecular formula is C19H21N3OS. The highest BCUT2D eigenvalue weighted by Gasteiger charge is 2.23. The Bertz CT molecular complexity index is 796. The molecule has 0 unspecified atom stereocenters. The minimum Gasteiger partial charge on any atom is -0.459 e. The Morgan fingerprint density at radius 1 is 1.25 bits per heavy atom. The number of furan rings is 1. The van der Waals surface area contributed by atoms with Crippen LogP contribution in [-0.2, 0) is 6.54 Å². The summed E-state index contributed by atoms with van der Waals surface area (Å²) in [6.07, 6.45) is 1.17. The monoisotopic (exact) mass is 339 g/mol. The molecule has 4 rings (SSSR count). The molecule has 3 aromatic rings. The Hall–Kier alpha value is -2.11. The van der Waals surface area contributed by atoms with E-state index in [0.29, 0.717) is 6.04 Å². The largest absolute Gasteiger partial charge is 0.459 e. The molecule has 0 spiro atoms. The molecule has 0 bridgehead atoms. The van der Waals surface area contributed by atoms with Crippen LogP contribution in [0, 0.1) is 6.92 Å². The van der Waals surface area contributed by atoms with Gasteiger partial charge in [-0.15, -0.1) is 11.3 Å². The number of anilines is 1. The van der Waals surface area contributed by atoms with Gasteiger partial charge in [-0.3, -0.25) is 4.90 Å². The van der Waals surface area contributed by atoms with Crippen LogP contribution in [0.2, 0.25) is 0 Å². The molecule has 0 saturated carbocycles. The Kier molecular flexibility index (Phi) is 4.36. The van der Waals surface area contributed by atoms with Gasteiger partial charge in [-0.25, -0.2) is 4.98 Å². The zero-order valence-corrected chi connectivity index (χ0v) is 14.6. The summed E-state index contributed by atoms with van der Waals surface area (Å²) in [6, 6.07) is 14.9. The number of likely N-dealkylation sites (tertiary alicyclic amines) is 1. The minimum absolute atomic E-state index is 0.512. The number of rotatable bonds is 5. The van der Waals surface area contributed by atoms with Crippen LogP contribution in [0.5, 0.6) is 0 Å². The van der Waals surface area contributed by atoms with Crippen molar-refractivity contribution < 1.29 is 4.42 Å². The first kappa shape index (κ1) is 15.4. The van der Waals surface area contributed by atoms with E-state index in [2.05, 4.69) is 39.9 Å². The molecule has 4 nitrogen and oxygen atoms in total. The van der Waals surface area contributed by atoms with Gasteiger partial charge < -0.3 is 9.73 Å². The lowest BCUT2D eigenvalue weighted by Gasteiger charge is -2.16. The van der Waals surface area contributed by atoms with Gasteiger partial charge in [-0.1, -0.05) is 18.2 Å². The third kappa shape index (κ3) is 3.52.